The summed E-state index contributed by atoms with van der Waals surface area (Å²) in [5, 5.41) is 11.6. The normalized spacial score (nSPS) is 26.8. The monoisotopic (exact) mass is 421 g/mol. The number of aliphatic hydroxyl groups excluding tert-OH is 1. The van der Waals surface area contributed by atoms with E-state index in [0.717, 1.165) is 11.0 Å². The highest BCUT2D eigenvalue weighted by Gasteiger charge is 2.44. The van der Waals surface area contributed by atoms with Crippen LogP contribution in [0.25, 0.3) is 11.0 Å². The quantitative estimate of drug-likeness (QED) is 0.698. The largest absolute Gasteiger partial charge is 0.488 e. The van der Waals surface area contributed by atoms with Gasteiger partial charge in [0, 0.05) is 24.5 Å². The molecule has 31 heavy (non-hydrogen) atoms. The molecule has 0 spiro atoms. The van der Waals surface area contributed by atoms with E-state index in [-0.39, 0.29) is 30.6 Å². The molecule has 160 valence electrons. The lowest BCUT2D eigenvalue weighted by Crippen LogP contribution is -2.42. The van der Waals surface area contributed by atoms with E-state index in [2.05, 4.69) is 0 Å². The van der Waals surface area contributed by atoms with Gasteiger partial charge in [-0.05, 0) is 48.9 Å². The zero-order valence-electron chi connectivity index (χ0n) is 16.9. The van der Waals surface area contributed by atoms with Crippen LogP contribution in [0, 0.1) is 11.8 Å². The average molecular weight is 421 g/mol. The molecule has 3 aliphatic rings. The summed E-state index contributed by atoms with van der Waals surface area (Å²) in [5.74, 6) is 2.84. The van der Waals surface area contributed by atoms with Crippen LogP contribution in [0.4, 0.5) is 0 Å². The average Bonchev–Trinajstić information content (AvgIpc) is 3.50. The molecule has 4 atom stereocenters. The first-order chi connectivity index (χ1) is 15.1. The highest BCUT2D eigenvalue weighted by molar-refractivity contribution is 5.96. The first kappa shape index (κ1) is 18.6. The smallest absolute Gasteiger partial charge is 0.289 e. The number of benzene rings is 2. The molecule has 1 saturated heterocycles. The number of fused-ring (bicyclic) bond motifs is 3. The number of hydrogen-bond acceptors (Lipinski definition) is 6. The van der Waals surface area contributed by atoms with Gasteiger partial charge in [-0.15, -0.1) is 0 Å². The highest BCUT2D eigenvalue weighted by Crippen LogP contribution is 2.40. The van der Waals surface area contributed by atoms with E-state index >= 15 is 0 Å². The van der Waals surface area contributed by atoms with Gasteiger partial charge in [-0.25, -0.2) is 0 Å². The molecule has 0 bridgehead atoms. The zero-order valence-corrected chi connectivity index (χ0v) is 16.9. The molecule has 0 radical (unpaired) electrons. The maximum atomic E-state index is 13.0. The van der Waals surface area contributed by atoms with Crippen LogP contribution in [0.3, 0.4) is 0 Å². The number of aliphatic hydroxyl groups is 1. The Morgan fingerprint density at radius 2 is 1.81 bits per heavy atom. The van der Waals surface area contributed by atoms with Gasteiger partial charge in [-0.2, -0.15) is 0 Å². The van der Waals surface area contributed by atoms with E-state index in [1.54, 1.807) is 12.1 Å². The number of para-hydroxylation sites is 1. The Bertz CT molecular complexity index is 1110. The lowest BCUT2D eigenvalue weighted by Gasteiger charge is -2.35. The van der Waals surface area contributed by atoms with Gasteiger partial charge in [0.2, 0.25) is 6.79 Å². The summed E-state index contributed by atoms with van der Waals surface area (Å²) in [4.78, 5) is 14.9. The molecule has 2 aliphatic heterocycles. The second-order valence-corrected chi connectivity index (χ2v) is 8.59. The van der Waals surface area contributed by atoms with Crippen LogP contribution in [0.2, 0.25) is 0 Å². The summed E-state index contributed by atoms with van der Waals surface area (Å²) in [7, 11) is 0. The Hall–Kier alpha value is -3.19. The molecular weight excluding hydrogens is 398 g/mol. The van der Waals surface area contributed by atoms with Crippen LogP contribution in [-0.2, 0) is 0 Å². The molecule has 1 amide bonds. The van der Waals surface area contributed by atoms with Gasteiger partial charge >= 0.3 is 0 Å². The minimum Gasteiger partial charge on any atom is -0.488 e. The van der Waals surface area contributed by atoms with Crippen molar-refractivity contribution in [3.05, 3.63) is 54.3 Å². The van der Waals surface area contributed by atoms with Crippen LogP contribution >= 0.6 is 0 Å². The maximum absolute atomic E-state index is 13.0. The van der Waals surface area contributed by atoms with E-state index < -0.39 is 6.10 Å². The van der Waals surface area contributed by atoms with Crippen molar-refractivity contribution in [1.29, 1.82) is 0 Å². The molecule has 0 unspecified atom stereocenters. The predicted molar refractivity (Wildman–Crippen MR) is 111 cm³/mol. The molecule has 7 heteroatoms. The van der Waals surface area contributed by atoms with Gasteiger partial charge in [-0.3, -0.25) is 4.79 Å². The number of furan rings is 1. The second kappa shape index (κ2) is 7.20. The van der Waals surface area contributed by atoms with E-state index in [9.17, 15) is 9.90 Å². The van der Waals surface area contributed by atoms with Crippen LogP contribution in [0.15, 0.2) is 52.9 Å². The van der Waals surface area contributed by atoms with Gasteiger partial charge in [0.1, 0.15) is 17.4 Å². The number of amides is 1. The number of ether oxygens (including phenoxy) is 3. The Kier molecular flexibility index (Phi) is 4.31. The minimum atomic E-state index is -0.576. The summed E-state index contributed by atoms with van der Waals surface area (Å²) in [6.07, 6.45) is 0.421. The van der Waals surface area contributed by atoms with Crippen molar-refractivity contribution < 1.29 is 28.5 Å². The van der Waals surface area contributed by atoms with Crippen LogP contribution in [0.5, 0.6) is 17.2 Å². The zero-order chi connectivity index (χ0) is 20.9. The van der Waals surface area contributed by atoms with E-state index in [4.69, 9.17) is 18.6 Å². The molecule has 2 aromatic carbocycles. The Balaban J connectivity index is 1.15. The molecular formula is C24H23NO6. The van der Waals surface area contributed by atoms with Gasteiger partial charge in [-0.1, -0.05) is 18.2 Å². The van der Waals surface area contributed by atoms with Crippen LogP contribution < -0.4 is 14.2 Å². The molecule has 1 N–H and O–H groups in total. The molecule has 3 heterocycles. The topological polar surface area (TPSA) is 81.4 Å². The molecule has 7 nitrogen and oxygen atoms in total. The van der Waals surface area contributed by atoms with Crippen molar-refractivity contribution in [2.24, 2.45) is 11.8 Å². The third-order valence-electron chi connectivity index (χ3n) is 6.64. The molecule has 1 aromatic heterocycles. The van der Waals surface area contributed by atoms with Crippen molar-refractivity contribution in [1.82, 2.24) is 4.90 Å². The molecule has 3 aromatic rings. The van der Waals surface area contributed by atoms with Crippen LogP contribution in [0.1, 0.15) is 23.4 Å². The van der Waals surface area contributed by atoms with Crippen molar-refractivity contribution >= 4 is 16.9 Å². The van der Waals surface area contributed by atoms with Crippen molar-refractivity contribution in [2.45, 2.75) is 25.0 Å². The second-order valence-electron chi connectivity index (χ2n) is 8.59. The first-order valence-corrected chi connectivity index (χ1v) is 10.7. The SMILES string of the molecule is O=C(c1cc2ccccc2o1)N1C[C@H]2C[C@@H](Oc3ccc4c(c3)OCO4)[C@H](O)C[C@H]2C1. The molecule has 2 fully saturated rings. The van der Waals surface area contributed by atoms with Gasteiger partial charge in [0.05, 0.1) is 6.10 Å². The lowest BCUT2D eigenvalue weighted by atomic mass is 9.78. The number of carbonyl (C=O) groups is 1. The van der Waals surface area contributed by atoms with E-state index in [1.165, 1.54) is 0 Å². The fraction of sp³-hybridized carbons (Fsp3) is 0.375. The number of rotatable bonds is 3. The minimum absolute atomic E-state index is 0.0895. The summed E-state index contributed by atoms with van der Waals surface area (Å²) in [6.45, 7) is 1.49. The van der Waals surface area contributed by atoms with Gasteiger partial charge in [0.25, 0.3) is 5.91 Å². The number of nitrogens with zero attached hydrogens (tertiary/aromatic N) is 1. The van der Waals surface area contributed by atoms with Crippen LogP contribution in [-0.4, -0.2) is 48.0 Å². The standard InChI is InChI=1S/C24H23NO6/c26-18-7-15-11-25(24(27)23-8-14-3-1-2-4-19(14)31-23)12-16(15)9-21(18)30-17-5-6-20-22(10-17)29-13-28-20/h1-6,8,10,15-16,18,21,26H,7,9,11-13H2/t15-,16+,18+,21+/m0/s1. The van der Waals surface area contributed by atoms with E-state index in [1.807, 2.05) is 41.3 Å². The fourth-order valence-electron chi connectivity index (χ4n) is 5.05. The van der Waals surface area contributed by atoms with E-state index in [0.29, 0.717) is 48.9 Å². The number of hydrogen-bond donors (Lipinski definition) is 1. The lowest BCUT2D eigenvalue weighted by molar-refractivity contribution is -0.0232. The summed E-state index contributed by atoms with van der Waals surface area (Å²) < 4.78 is 22.6. The third kappa shape index (κ3) is 3.29. The Labute approximate surface area is 179 Å². The van der Waals surface area contributed by atoms with Gasteiger partial charge < -0.3 is 28.6 Å². The Morgan fingerprint density at radius 3 is 2.68 bits per heavy atom. The van der Waals surface area contributed by atoms with Crippen molar-refractivity contribution in [2.75, 3.05) is 19.9 Å². The first-order valence-electron chi connectivity index (χ1n) is 10.7. The summed E-state index contributed by atoms with van der Waals surface area (Å²) >= 11 is 0. The summed E-state index contributed by atoms with van der Waals surface area (Å²) in [5.41, 5.74) is 0.718. The third-order valence-corrected chi connectivity index (χ3v) is 6.64. The molecule has 1 saturated carbocycles. The van der Waals surface area contributed by atoms with Crippen molar-refractivity contribution in [3.8, 4) is 17.2 Å². The van der Waals surface area contributed by atoms with Crippen molar-refractivity contribution in [3.63, 3.8) is 0 Å². The summed E-state index contributed by atoms with van der Waals surface area (Å²) in [6, 6.07) is 14.9. The molecule has 6 rings (SSSR count). The predicted octanol–water partition coefficient (Wildman–Crippen LogP) is 3.45. The fourth-order valence-corrected chi connectivity index (χ4v) is 5.05. The maximum Gasteiger partial charge on any atom is 0.289 e. The number of likely N-dealkylation sites (tertiary alicyclic amines) is 1. The molecule has 1 aliphatic carbocycles. The van der Waals surface area contributed by atoms with Gasteiger partial charge in [0.15, 0.2) is 17.3 Å². The highest BCUT2D eigenvalue weighted by atomic mass is 16.7. The Morgan fingerprint density at radius 1 is 1.00 bits per heavy atom. The number of carbonyl (C=O) groups excluding carboxylic acids is 1.